The van der Waals surface area contributed by atoms with Crippen LogP contribution in [0.4, 0.5) is 5.69 Å². The van der Waals surface area contributed by atoms with Gasteiger partial charge in [0, 0.05) is 10.6 Å². The number of rotatable bonds is 5. The first-order valence-electron chi connectivity index (χ1n) is 7.42. The number of hydrogen-bond acceptors (Lipinski definition) is 4. The Bertz CT molecular complexity index is 1030. The first-order chi connectivity index (χ1) is 11.8. The van der Waals surface area contributed by atoms with Crippen LogP contribution in [0.5, 0.6) is 0 Å². The van der Waals surface area contributed by atoms with E-state index in [0.29, 0.717) is 0 Å². The van der Waals surface area contributed by atoms with Gasteiger partial charge in [-0.3, -0.25) is 4.72 Å². The molecule has 0 aliphatic heterocycles. The Morgan fingerprint density at radius 1 is 0.885 bits per heavy atom. The first-order valence-corrected chi connectivity index (χ1v) is 11.1. The predicted molar refractivity (Wildman–Crippen MR) is 104 cm³/mol. The van der Waals surface area contributed by atoms with Crippen LogP contribution in [-0.4, -0.2) is 22.4 Å². The number of nitrogens with one attached hydrogen (secondary N) is 2. The molecule has 0 bridgehead atoms. The van der Waals surface area contributed by atoms with Gasteiger partial charge in [0.05, 0.1) is 15.6 Å². The molecule has 2 rings (SSSR count). The molecule has 2 aromatic rings. The highest BCUT2D eigenvalue weighted by molar-refractivity contribution is 7.93. The molecule has 2 aromatic carbocycles. The lowest BCUT2D eigenvalue weighted by atomic mass is 10.1. The molecule has 2 N–H and O–H groups in total. The smallest absolute Gasteiger partial charge is 0.263 e. The van der Waals surface area contributed by atoms with E-state index in [0.717, 1.165) is 0 Å². The molecule has 0 amide bonds. The van der Waals surface area contributed by atoms with Gasteiger partial charge in [0.2, 0.25) is 10.0 Å². The third kappa shape index (κ3) is 5.34. The van der Waals surface area contributed by atoms with Crippen molar-refractivity contribution in [1.82, 2.24) is 4.72 Å². The van der Waals surface area contributed by atoms with Crippen LogP contribution in [0.15, 0.2) is 52.3 Å². The van der Waals surface area contributed by atoms with Crippen molar-refractivity contribution in [3.63, 3.8) is 0 Å². The monoisotopic (exact) mass is 436 g/mol. The molecule has 0 aromatic heterocycles. The average Bonchev–Trinajstić information content (AvgIpc) is 2.47. The molecule has 10 heteroatoms. The van der Waals surface area contributed by atoms with Gasteiger partial charge in [-0.15, -0.1) is 0 Å². The van der Waals surface area contributed by atoms with Crippen molar-refractivity contribution in [2.24, 2.45) is 0 Å². The minimum atomic E-state index is -4.05. The van der Waals surface area contributed by atoms with E-state index >= 15 is 0 Å². The fourth-order valence-corrected chi connectivity index (χ4v) is 5.36. The summed E-state index contributed by atoms with van der Waals surface area (Å²) in [4.78, 5) is -0.266. The molecule has 0 saturated heterocycles. The maximum Gasteiger partial charge on any atom is 0.263 e. The molecule has 0 aliphatic carbocycles. The number of hydrogen-bond donors (Lipinski definition) is 2. The quantitative estimate of drug-likeness (QED) is 0.743. The molecular weight excluding hydrogens is 419 g/mol. The molecule has 142 valence electrons. The molecule has 0 unspecified atom stereocenters. The Morgan fingerprint density at radius 2 is 1.54 bits per heavy atom. The Balaban J connectivity index is 2.38. The van der Waals surface area contributed by atoms with E-state index in [-0.39, 0.29) is 25.5 Å². The van der Waals surface area contributed by atoms with Gasteiger partial charge in [-0.05, 0) is 57.2 Å². The van der Waals surface area contributed by atoms with E-state index in [9.17, 15) is 16.8 Å². The van der Waals surface area contributed by atoms with E-state index in [2.05, 4.69) is 9.44 Å². The van der Waals surface area contributed by atoms with Crippen molar-refractivity contribution in [2.75, 3.05) is 4.72 Å². The Morgan fingerprint density at radius 3 is 2.15 bits per heavy atom. The molecule has 0 atom stereocenters. The van der Waals surface area contributed by atoms with Crippen LogP contribution >= 0.6 is 23.2 Å². The molecule has 26 heavy (non-hydrogen) atoms. The van der Waals surface area contributed by atoms with Gasteiger partial charge in [-0.25, -0.2) is 21.6 Å². The third-order valence-electron chi connectivity index (χ3n) is 3.02. The molecule has 0 aliphatic rings. The van der Waals surface area contributed by atoms with Crippen molar-refractivity contribution >= 4 is 48.9 Å². The zero-order valence-electron chi connectivity index (χ0n) is 14.2. The number of anilines is 1. The molecule has 6 nitrogen and oxygen atoms in total. The van der Waals surface area contributed by atoms with Crippen LogP contribution in [0.2, 0.25) is 10.0 Å². The van der Waals surface area contributed by atoms with E-state index < -0.39 is 25.6 Å². The highest BCUT2D eigenvalue weighted by Crippen LogP contribution is 2.27. The largest absolute Gasteiger partial charge is 0.280 e. The van der Waals surface area contributed by atoms with Crippen molar-refractivity contribution in [2.45, 2.75) is 36.1 Å². The summed E-state index contributed by atoms with van der Waals surface area (Å²) in [5.74, 6) is 0. The zero-order valence-corrected chi connectivity index (χ0v) is 17.4. The van der Waals surface area contributed by atoms with Crippen LogP contribution in [-0.2, 0) is 20.0 Å². The summed E-state index contributed by atoms with van der Waals surface area (Å²) >= 11 is 11.8. The summed E-state index contributed by atoms with van der Waals surface area (Å²) in [6.45, 7) is 5.12. The van der Waals surface area contributed by atoms with Gasteiger partial charge < -0.3 is 0 Å². The van der Waals surface area contributed by atoms with E-state index in [1.807, 2.05) is 0 Å². The molecule has 0 radical (unpaired) electrons. The molecule has 0 heterocycles. The summed E-state index contributed by atoms with van der Waals surface area (Å²) in [6, 6.07) is 9.53. The van der Waals surface area contributed by atoms with Crippen LogP contribution in [0.1, 0.15) is 20.8 Å². The first kappa shape index (κ1) is 21.0. The Kier molecular flexibility index (Phi) is 5.94. The summed E-state index contributed by atoms with van der Waals surface area (Å²) in [5, 5.41) is 0.209. The lowest BCUT2D eigenvalue weighted by molar-refractivity contribution is 0.491. The summed E-state index contributed by atoms with van der Waals surface area (Å²) in [6.07, 6.45) is 0. The van der Waals surface area contributed by atoms with Gasteiger partial charge in [-0.2, -0.15) is 0 Å². The maximum atomic E-state index is 12.5. The molecule has 0 spiro atoms. The average molecular weight is 437 g/mol. The number of sulfonamides is 2. The second-order valence-corrected chi connectivity index (χ2v) is 10.7. The van der Waals surface area contributed by atoms with Crippen molar-refractivity contribution in [3.05, 3.63) is 52.5 Å². The lowest BCUT2D eigenvalue weighted by Crippen LogP contribution is -2.40. The second kappa shape index (κ2) is 7.36. The SMILES string of the molecule is CC(C)(C)NS(=O)(=O)c1cccc(NS(=O)(=O)c2cc(Cl)ccc2Cl)c1. The van der Waals surface area contributed by atoms with Crippen molar-refractivity contribution in [3.8, 4) is 0 Å². The van der Waals surface area contributed by atoms with Gasteiger partial charge in [-0.1, -0.05) is 29.3 Å². The fraction of sp³-hybridized carbons (Fsp3) is 0.250. The minimum Gasteiger partial charge on any atom is -0.280 e. The minimum absolute atomic E-state index is 0.0000698. The van der Waals surface area contributed by atoms with Gasteiger partial charge >= 0.3 is 0 Å². The third-order valence-corrected chi connectivity index (χ3v) is 6.87. The number of halogens is 2. The Hall–Kier alpha value is -1.32. The predicted octanol–water partition coefficient (Wildman–Crippen LogP) is 3.87. The van der Waals surface area contributed by atoms with Crippen LogP contribution in [0, 0.1) is 0 Å². The van der Waals surface area contributed by atoms with E-state index in [1.165, 1.54) is 42.5 Å². The lowest BCUT2D eigenvalue weighted by Gasteiger charge is -2.20. The van der Waals surface area contributed by atoms with E-state index in [1.54, 1.807) is 20.8 Å². The maximum absolute atomic E-state index is 12.5. The van der Waals surface area contributed by atoms with Gasteiger partial charge in [0.25, 0.3) is 10.0 Å². The normalized spacial score (nSPS) is 12.8. The van der Waals surface area contributed by atoms with Crippen molar-refractivity contribution in [1.29, 1.82) is 0 Å². The highest BCUT2D eigenvalue weighted by atomic mass is 35.5. The fourth-order valence-electron chi connectivity index (χ4n) is 2.08. The standard InChI is InChI=1S/C16H18Cl2N2O4S2/c1-16(2,3)20-25(21,22)13-6-4-5-12(10-13)19-26(23,24)15-9-11(17)7-8-14(15)18/h4-10,19-20H,1-3H3. The molecule has 0 fully saturated rings. The number of benzene rings is 2. The second-order valence-electron chi connectivity index (χ2n) is 6.56. The van der Waals surface area contributed by atoms with Crippen LogP contribution in [0.25, 0.3) is 0 Å². The van der Waals surface area contributed by atoms with Crippen molar-refractivity contribution < 1.29 is 16.8 Å². The zero-order chi connectivity index (χ0) is 19.8. The topological polar surface area (TPSA) is 92.3 Å². The molecular formula is C16H18Cl2N2O4S2. The summed E-state index contributed by atoms with van der Waals surface area (Å²) in [5.41, 5.74) is -0.597. The van der Waals surface area contributed by atoms with Gasteiger partial charge in [0.15, 0.2) is 0 Å². The Labute approximate surface area is 163 Å². The van der Waals surface area contributed by atoms with Crippen LogP contribution < -0.4 is 9.44 Å². The highest BCUT2D eigenvalue weighted by Gasteiger charge is 2.23. The van der Waals surface area contributed by atoms with E-state index in [4.69, 9.17) is 23.2 Å². The summed E-state index contributed by atoms with van der Waals surface area (Å²) < 4.78 is 54.7. The summed E-state index contributed by atoms with van der Waals surface area (Å²) in [7, 11) is -7.85. The van der Waals surface area contributed by atoms with Gasteiger partial charge in [0.1, 0.15) is 4.90 Å². The molecule has 0 saturated carbocycles. The van der Waals surface area contributed by atoms with Crippen LogP contribution in [0.3, 0.4) is 0 Å².